The Bertz CT molecular complexity index is 1090. The first-order valence-electron chi connectivity index (χ1n) is 8.42. The molecule has 0 saturated carbocycles. The fourth-order valence-corrected chi connectivity index (χ4v) is 5.29. The van der Waals surface area contributed by atoms with Crippen LogP contribution in [-0.4, -0.2) is 18.0 Å². The summed E-state index contributed by atoms with van der Waals surface area (Å²) in [4.78, 5) is 4.97. The van der Waals surface area contributed by atoms with Crippen LogP contribution in [0, 0.1) is 17.2 Å². The molecule has 1 aromatic carbocycles. The Kier molecular flexibility index (Phi) is 5.46. The number of sulfonamides is 1. The number of hydrogen-bond acceptors (Lipinski definition) is 5. The highest BCUT2D eigenvalue weighted by Gasteiger charge is 2.21. The standard InChI is InChI=1S/C19H20N4O2S2/c1-13(2)7-17-9-18(19(26-17)27(21,24)25)14-3-4-15(16(8-14)10-20)11-23-6-5-22-12-23/h3-6,8-9,12-13H,7,11H2,1-2H3,(H2,21,24,25). The molecule has 2 aromatic heterocycles. The van der Waals surface area contributed by atoms with Crippen LogP contribution in [0.1, 0.15) is 29.9 Å². The number of hydrogen-bond donors (Lipinski definition) is 1. The summed E-state index contributed by atoms with van der Waals surface area (Å²) in [5, 5.41) is 15.0. The van der Waals surface area contributed by atoms with Crippen LogP contribution in [-0.2, 0) is 23.0 Å². The van der Waals surface area contributed by atoms with Gasteiger partial charge < -0.3 is 4.57 Å². The van der Waals surface area contributed by atoms with E-state index in [1.54, 1.807) is 18.6 Å². The third-order valence-electron chi connectivity index (χ3n) is 4.07. The van der Waals surface area contributed by atoms with Gasteiger partial charge in [0.1, 0.15) is 4.21 Å². The second kappa shape index (κ2) is 7.64. The second-order valence-corrected chi connectivity index (χ2v) is 9.67. The highest BCUT2D eigenvalue weighted by atomic mass is 32.2. The smallest absolute Gasteiger partial charge is 0.248 e. The topological polar surface area (TPSA) is 102 Å². The lowest BCUT2D eigenvalue weighted by Crippen LogP contribution is -2.11. The van der Waals surface area contributed by atoms with Gasteiger partial charge in [-0.1, -0.05) is 26.0 Å². The molecule has 0 fully saturated rings. The molecule has 27 heavy (non-hydrogen) atoms. The summed E-state index contributed by atoms with van der Waals surface area (Å²) in [5.41, 5.74) is 2.58. The molecule has 0 amide bonds. The summed E-state index contributed by atoms with van der Waals surface area (Å²) in [5.74, 6) is 0.400. The van der Waals surface area contributed by atoms with Crippen molar-refractivity contribution in [1.82, 2.24) is 9.55 Å². The van der Waals surface area contributed by atoms with Gasteiger partial charge in [-0.3, -0.25) is 0 Å². The lowest BCUT2D eigenvalue weighted by Gasteiger charge is -2.08. The molecule has 0 unspecified atom stereocenters. The lowest BCUT2D eigenvalue weighted by molar-refractivity contribution is 0.600. The Labute approximate surface area is 163 Å². The first-order valence-corrected chi connectivity index (χ1v) is 10.8. The minimum Gasteiger partial charge on any atom is -0.333 e. The van der Waals surface area contributed by atoms with Crippen molar-refractivity contribution in [3.05, 3.63) is 59.0 Å². The van der Waals surface area contributed by atoms with Gasteiger partial charge in [0.05, 0.1) is 18.0 Å². The van der Waals surface area contributed by atoms with Crippen LogP contribution in [0.5, 0.6) is 0 Å². The van der Waals surface area contributed by atoms with Crippen LogP contribution in [0.4, 0.5) is 0 Å². The molecule has 0 saturated heterocycles. The number of rotatable bonds is 6. The fourth-order valence-electron chi connectivity index (χ4n) is 2.90. The SMILES string of the molecule is CC(C)Cc1cc(-c2ccc(Cn3ccnc3)c(C#N)c2)c(S(N)(=O)=O)s1. The van der Waals surface area contributed by atoms with E-state index in [2.05, 4.69) is 24.9 Å². The number of primary sulfonamides is 1. The van der Waals surface area contributed by atoms with Crippen molar-refractivity contribution in [3.8, 4) is 17.2 Å². The van der Waals surface area contributed by atoms with Gasteiger partial charge in [0.25, 0.3) is 0 Å². The monoisotopic (exact) mass is 400 g/mol. The normalized spacial score (nSPS) is 11.7. The Balaban J connectivity index is 2.05. The maximum atomic E-state index is 12.1. The van der Waals surface area contributed by atoms with E-state index < -0.39 is 10.0 Å². The van der Waals surface area contributed by atoms with Gasteiger partial charge >= 0.3 is 0 Å². The number of imidazole rings is 1. The average Bonchev–Trinajstić information content (AvgIpc) is 3.24. The van der Waals surface area contributed by atoms with Crippen LogP contribution >= 0.6 is 11.3 Å². The Hall–Kier alpha value is -2.47. The number of thiophene rings is 1. The van der Waals surface area contributed by atoms with Crippen LogP contribution in [0.25, 0.3) is 11.1 Å². The van der Waals surface area contributed by atoms with Gasteiger partial charge in [0.15, 0.2) is 0 Å². The van der Waals surface area contributed by atoms with E-state index in [4.69, 9.17) is 5.14 Å². The molecule has 0 bridgehead atoms. The molecule has 0 radical (unpaired) electrons. The molecule has 0 spiro atoms. The van der Waals surface area contributed by atoms with Gasteiger partial charge in [-0.25, -0.2) is 18.5 Å². The summed E-state index contributed by atoms with van der Waals surface area (Å²) in [6, 6.07) is 9.48. The largest absolute Gasteiger partial charge is 0.333 e. The van der Waals surface area contributed by atoms with Gasteiger partial charge in [0, 0.05) is 29.4 Å². The summed E-state index contributed by atoms with van der Waals surface area (Å²) in [7, 11) is -3.84. The van der Waals surface area contributed by atoms with E-state index in [0.717, 1.165) is 16.9 Å². The molecule has 8 heteroatoms. The minimum absolute atomic E-state index is 0.143. The van der Waals surface area contributed by atoms with Crippen molar-refractivity contribution < 1.29 is 8.42 Å². The Morgan fingerprint density at radius 2 is 2.11 bits per heavy atom. The third-order valence-corrected chi connectivity index (χ3v) is 6.71. The quantitative estimate of drug-likeness (QED) is 0.685. The zero-order valence-electron chi connectivity index (χ0n) is 15.1. The molecule has 0 aliphatic carbocycles. The van der Waals surface area contributed by atoms with E-state index in [1.807, 2.05) is 29.0 Å². The first-order chi connectivity index (χ1) is 12.8. The molecular weight excluding hydrogens is 380 g/mol. The van der Waals surface area contributed by atoms with Crippen LogP contribution < -0.4 is 5.14 Å². The zero-order chi connectivity index (χ0) is 19.6. The number of nitrogens with two attached hydrogens (primary N) is 1. The lowest BCUT2D eigenvalue weighted by atomic mass is 10.0. The van der Waals surface area contributed by atoms with Crippen LogP contribution in [0.15, 0.2) is 47.2 Å². The third kappa shape index (κ3) is 4.45. The molecular formula is C19H20N4O2S2. The predicted molar refractivity (Wildman–Crippen MR) is 106 cm³/mol. The molecule has 3 aromatic rings. The molecule has 140 valence electrons. The fraction of sp³-hybridized carbons (Fsp3) is 0.263. The molecule has 0 atom stereocenters. The minimum atomic E-state index is -3.84. The van der Waals surface area contributed by atoms with E-state index in [1.165, 1.54) is 11.3 Å². The summed E-state index contributed by atoms with van der Waals surface area (Å²) < 4.78 is 26.2. The van der Waals surface area contributed by atoms with Crippen molar-refractivity contribution in [3.63, 3.8) is 0 Å². The highest BCUT2D eigenvalue weighted by molar-refractivity contribution is 7.91. The molecule has 3 rings (SSSR count). The average molecular weight is 401 g/mol. The van der Waals surface area contributed by atoms with Gasteiger partial charge in [0.2, 0.25) is 10.0 Å². The number of nitrogens with zero attached hydrogens (tertiary/aromatic N) is 3. The zero-order valence-corrected chi connectivity index (χ0v) is 16.7. The van der Waals surface area contributed by atoms with Crippen LogP contribution in [0.3, 0.4) is 0 Å². The maximum absolute atomic E-state index is 12.1. The van der Waals surface area contributed by atoms with Crippen molar-refractivity contribution in [2.24, 2.45) is 11.1 Å². The van der Waals surface area contributed by atoms with Crippen LogP contribution in [0.2, 0.25) is 0 Å². The summed E-state index contributed by atoms with van der Waals surface area (Å²) >= 11 is 1.20. The van der Waals surface area contributed by atoms with Crippen molar-refractivity contribution in [2.75, 3.05) is 0 Å². The molecule has 2 N–H and O–H groups in total. The van der Waals surface area contributed by atoms with E-state index in [0.29, 0.717) is 29.2 Å². The van der Waals surface area contributed by atoms with Crippen molar-refractivity contribution >= 4 is 21.4 Å². The van der Waals surface area contributed by atoms with E-state index in [9.17, 15) is 13.7 Å². The van der Waals surface area contributed by atoms with Gasteiger partial charge in [-0.2, -0.15) is 5.26 Å². The Morgan fingerprint density at radius 1 is 1.33 bits per heavy atom. The number of benzene rings is 1. The van der Waals surface area contributed by atoms with Crippen molar-refractivity contribution in [2.45, 2.75) is 31.0 Å². The van der Waals surface area contributed by atoms with Crippen molar-refractivity contribution in [1.29, 1.82) is 5.26 Å². The summed E-state index contributed by atoms with van der Waals surface area (Å²) in [6.45, 7) is 4.68. The highest BCUT2D eigenvalue weighted by Crippen LogP contribution is 2.36. The van der Waals surface area contributed by atoms with E-state index >= 15 is 0 Å². The second-order valence-electron chi connectivity index (χ2n) is 6.78. The first kappa shape index (κ1) is 19.3. The number of nitriles is 1. The molecule has 0 aliphatic rings. The van der Waals surface area contributed by atoms with Gasteiger partial charge in [-0.05, 0) is 35.6 Å². The Morgan fingerprint density at radius 3 is 2.70 bits per heavy atom. The maximum Gasteiger partial charge on any atom is 0.248 e. The molecule has 6 nitrogen and oxygen atoms in total. The predicted octanol–water partition coefficient (Wildman–Crippen LogP) is 3.38. The van der Waals surface area contributed by atoms with E-state index in [-0.39, 0.29) is 4.21 Å². The molecule has 2 heterocycles. The summed E-state index contributed by atoms with van der Waals surface area (Å²) in [6.07, 6.45) is 5.97. The number of aromatic nitrogens is 2. The molecule has 0 aliphatic heterocycles. The van der Waals surface area contributed by atoms with Gasteiger partial charge in [-0.15, -0.1) is 11.3 Å².